The van der Waals surface area contributed by atoms with Gasteiger partial charge in [-0.1, -0.05) is 190 Å². The Balaban J connectivity index is 1.16. The maximum absolute atomic E-state index is 2.95. The minimum absolute atomic E-state index is 0.00307. The smallest absolute Gasteiger partial charge is 0.252 e. The third-order valence-corrected chi connectivity index (χ3v) is 19.4. The molecule has 0 saturated heterocycles. The highest BCUT2D eigenvalue weighted by molar-refractivity contribution is 7.00. The molecule has 2 saturated carbocycles. The largest absolute Gasteiger partial charge is 0.335 e. The maximum Gasteiger partial charge on any atom is 0.252 e. The standard InChI is InChI=1S/C66H70BN3/c1-61(2,3)47-29-31-55-51(38-47)63(7)32-17-19-34-65(63,9)69(55)50-41-57-59-58(42-50)70-60-52(64(8)33-18-20-35-66(64,70)10)39-48(62(4,5)6)40-54(60)67(59)53-30-28-46(44-24-15-12-16-25-44)37-56(53)68(57)49-27-21-26-45(36-49)43-22-13-11-14-23-43/h11-16,21-31,36-42H,17-20,32-35H2,1-10H3. The lowest BCUT2D eigenvalue weighted by Gasteiger charge is -2.53. The van der Waals surface area contributed by atoms with Crippen molar-refractivity contribution >= 4 is 62.9 Å². The summed E-state index contributed by atoms with van der Waals surface area (Å²) in [6.07, 6.45) is 9.76. The minimum Gasteiger partial charge on any atom is -0.335 e. The van der Waals surface area contributed by atoms with Crippen molar-refractivity contribution in [1.82, 2.24) is 0 Å². The van der Waals surface area contributed by atoms with Gasteiger partial charge in [-0.25, -0.2) is 0 Å². The van der Waals surface area contributed by atoms with Crippen molar-refractivity contribution in [2.75, 3.05) is 14.7 Å². The lowest BCUT2D eigenvalue weighted by molar-refractivity contribution is 0.194. The van der Waals surface area contributed by atoms with Crippen LogP contribution in [0.25, 0.3) is 22.3 Å². The average Bonchev–Trinajstić information content (AvgIpc) is 3.70. The fourth-order valence-electron chi connectivity index (χ4n) is 15.0. The zero-order valence-electron chi connectivity index (χ0n) is 43.4. The van der Waals surface area contributed by atoms with Crippen LogP contribution in [0.1, 0.15) is 143 Å². The van der Waals surface area contributed by atoms with Crippen molar-refractivity contribution in [3.63, 3.8) is 0 Å². The van der Waals surface area contributed by atoms with Crippen molar-refractivity contribution in [2.24, 2.45) is 0 Å². The van der Waals surface area contributed by atoms with Crippen molar-refractivity contribution in [3.8, 4) is 22.3 Å². The fourth-order valence-corrected chi connectivity index (χ4v) is 15.0. The van der Waals surface area contributed by atoms with Gasteiger partial charge in [-0.05, 0) is 148 Å². The lowest BCUT2D eigenvalue weighted by Crippen LogP contribution is -2.64. The number of rotatable bonds is 4. The molecule has 70 heavy (non-hydrogen) atoms. The SMILES string of the molecule is CC(C)(C)c1ccc2c(c1)C1(C)CCCCC1(C)N2c1cc2c3c(c1)N1c4c(cc(C(C)(C)C)cc4C4(C)CCCCC14C)B3c1ccc(-c3ccccc3)cc1N2c1cccc(-c2ccccc2)c1. The number of nitrogens with zero attached hydrogens (tertiary/aromatic N) is 3. The monoisotopic (exact) mass is 916 g/mol. The Bertz CT molecular complexity index is 3290. The maximum atomic E-state index is 2.95. The van der Waals surface area contributed by atoms with Crippen LogP contribution in [0.5, 0.6) is 0 Å². The Labute approximate surface area is 419 Å². The molecule has 0 radical (unpaired) electrons. The molecule has 2 aliphatic carbocycles. The molecule has 6 aliphatic rings. The second kappa shape index (κ2) is 14.8. The van der Waals surface area contributed by atoms with E-state index in [0.717, 1.165) is 6.42 Å². The van der Waals surface area contributed by atoms with Crippen molar-refractivity contribution < 1.29 is 0 Å². The highest BCUT2D eigenvalue weighted by Crippen LogP contribution is 2.65. The Morgan fingerprint density at radius 2 is 0.986 bits per heavy atom. The third-order valence-electron chi connectivity index (χ3n) is 19.4. The number of fused-ring (bicyclic) bond motifs is 10. The van der Waals surface area contributed by atoms with Crippen LogP contribution in [0.3, 0.4) is 0 Å². The minimum atomic E-state index is -0.108. The van der Waals surface area contributed by atoms with Crippen LogP contribution in [-0.2, 0) is 21.7 Å². The quantitative estimate of drug-likeness (QED) is 0.163. The average molecular weight is 916 g/mol. The van der Waals surface area contributed by atoms with E-state index in [4.69, 9.17) is 0 Å². The number of hydrogen-bond acceptors (Lipinski definition) is 3. The molecule has 2 fully saturated rings. The van der Waals surface area contributed by atoms with E-state index in [1.807, 2.05) is 0 Å². The molecule has 7 aromatic rings. The van der Waals surface area contributed by atoms with Crippen molar-refractivity contribution in [2.45, 2.75) is 153 Å². The Kier molecular flexibility index (Phi) is 9.29. The molecule has 4 heterocycles. The molecule has 352 valence electrons. The van der Waals surface area contributed by atoms with E-state index in [-0.39, 0.29) is 39.5 Å². The summed E-state index contributed by atoms with van der Waals surface area (Å²) in [5.41, 5.74) is 24.5. The summed E-state index contributed by atoms with van der Waals surface area (Å²) in [6.45, 7) is 25.0. The Morgan fingerprint density at radius 1 is 0.414 bits per heavy atom. The van der Waals surface area contributed by atoms with Gasteiger partial charge in [0, 0.05) is 50.6 Å². The Hall–Kier alpha value is -6.00. The molecular weight excluding hydrogens is 846 g/mol. The number of hydrogen-bond donors (Lipinski definition) is 0. The predicted octanol–water partition coefficient (Wildman–Crippen LogP) is 15.7. The van der Waals surface area contributed by atoms with E-state index in [9.17, 15) is 0 Å². The molecule has 7 aromatic carbocycles. The molecule has 0 spiro atoms. The summed E-state index contributed by atoms with van der Waals surface area (Å²) in [4.78, 5) is 8.50. The van der Waals surface area contributed by atoms with Gasteiger partial charge in [0.15, 0.2) is 0 Å². The third kappa shape index (κ3) is 5.89. The van der Waals surface area contributed by atoms with E-state index in [0.29, 0.717) is 0 Å². The molecule has 4 heteroatoms. The van der Waals surface area contributed by atoms with Crippen LogP contribution in [0.2, 0.25) is 0 Å². The summed E-state index contributed by atoms with van der Waals surface area (Å²) in [7, 11) is 0. The van der Waals surface area contributed by atoms with Crippen LogP contribution in [0, 0.1) is 0 Å². The van der Waals surface area contributed by atoms with E-state index in [2.05, 4.69) is 230 Å². The van der Waals surface area contributed by atoms with Gasteiger partial charge in [0.2, 0.25) is 0 Å². The van der Waals surface area contributed by atoms with Crippen LogP contribution >= 0.6 is 0 Å². The zero-order chi connectivity index (χ0) is 48.3. The van der Waals surface area contributed by atoms with Crippen molar-refractivity contribution in [1.29, 1.82) is 0 Å². The molecule has 0 N–H and O–H groups in total. The normalized spacial score (nSPS) is 24.9. The predicted molar refractivity (Wildman–Crippen MR) is 300 cm³/mol. The number of benzene rings is 7. The van der Waals surface area contributed by atoms with Gasteiger partial charge in [0.05, 0.1) is 11.1 Å². The molecular formula is C66H70BN3. The molecule has 0 bridgehead atoms. The van der Waals surface area contributed by atoms with Crippen molar-refractivity contribution in [3.05, 3.63) is 168 Å². The summed E-state index contributed by atoms with van der Waals surface area (Å²) in [5.74, 6) is 0. The first kappa shape index (κ1) is 44.0. The van der Waals surface area contributed by atoms with Crippen LogP contribution in [0.15, 0.2) is 146 Å². The van der Waals surface area contributed by atoms with Gasteiger partial charge in [0.25, 0.3) is 6.71 Å². The van der Waals surface area contributed by atoms with Gasteiger partial charge in [-0.2, -0.15) is 0 Å². The van der Waals surface area contributed by atoms with E-state index in [1.165, 1.54) is 140 Å². The van der Waals surface area contributed by atoms with Gasteiger partial charge in [-0.15, -0.1) is 0 Å². The summed E-state index contributed by atoms with van der Waals surface area (Å²) < 4.78 is 0. The second-order valence-electron chi connectivity index (χ2n) is 25.2. The first-order chi connectivity index (χ1) is 33.4. The molecule has 4 atom stereocenters. The summed E-state index contributed by atoms with van der Waals surface area (Å²) >= 11 is 0. The molecule has 4 unspecified atom stereocenters. The van der Waals surface area contributed by atoms with Crippen LogP contribution in [0.4, 0.5) is 39.8 Å². The molecule has 0 aromatic heterocycles. The van der Waals surface area contributed by atoms with Gasteiger partial charge >= 0.3 is 0 Å². The molecule has 3 nitrogen and oxygen atoms in total. The Morgan fingerprint density at radius 3 is 1.64 bits per heavy atom. The van der Waals surface area contributed by atoms with Gasteiger partial charge in [-0.3, -0.25) is 0 Å². The van der Waals surface area contributed by atoms with Crippen LogP contribution in [-0.4, -0.2) is 17.8 Å². The van der Waals surface area contributed by atoms with Crippen LogP contribution < -0.4 is 31.1 Å². The first-order valence-corrected chi connectivity index (χ1v) is 26.7. The van der Waals surface area contributed by atoms with E-state index < -0.39 is 0 Å². The first-order valence-electron chi connectivity index (χ1n) is 26.7. The van der Waals surface area contributed by atoms with E-state index in [1.54, 1.807) is 5.56 Å². The highest BCUT2D eigenvalue weighted by atomic mass is 15.3. The number of anilines is 7. The topological polar surface area (TPSA) is 9.72 Å². The molecule has 13 rings (SSSR count). The second-order valence-corrected chi connectivity index (χ2v) is 25.2. The van der Waals surface area contributed by atoms with E-state index >= 15 is 0 Å². The fraction of sp³-hybridized carbons (Fsp3) is 0.364. The van der Waals surface area contributed by atoms with Gasteiger partial charge < -0.3 is 14.7 Å². The lowest BCUT2D eigenvalue weighted by atomic mass is 9.33. The van der Waals surface area contributed by atoms with Gasteiger partial charge in [0.1, 0.15) is 0 Å². The molecule has 4 aliphatic heterocycles. The summed E-state index contributed by atoms with van der Waals surface area (Å²) in [6, 6.07) is 57.1. The molecule has 0 amide bonds. The zero-order valence-corrected chi connectivity index (χ0v) is 43.4. The highest BCUT2D eigenvalue weighted by Gasteiger charge is 2.63. The summed E-state index contributed by atoms with van der Waals surface area (Å²) in [5, 5.41) is 0.